The SMILES string of the molecule is CC1CCC(C(=O)C(C)C(C)C)CN1. The van der Waals surface area contributed by atoms with Gasteiger partial charge in [0.05, 0.1) is 0 Å². The monoisotopic (exact) mass is 197 g/mol. The Morgan fingerprint density at radius 2 is 1.93 bits per heavy atom. The molecule has 1 aliphatic heterocycles. The lowest BCUT2D eigenvalue weighted by atomic mass is 9.82. The van der Waals surface area contributed by atoms with Crippen LogP contribution in [0, 0.1) is 17.8 Å². The van der Waals surface area contributed by atoms with Crippen molar-refractivity contribution >= 4 is 5.78 Å². The van der Waals surface area contributed by atoms with Gasteiger partial charge in [0, 0.05) is 24.4 Å². The summed E-state index contributed by atoms with van der Waals surface area (Å²) in [5.74, 6) is 1.42. The molecule has 0 aromatic rings. The molecule has 0 aliphatic carbocycles. The lowest BCUT2D eigenvalue weighted by molar-refractivity contribution is -0.128. The molecule has 1 aliphatic rings. The van der Waals surface area contributed by atoms with Gasteiger partial charge in [0.2, 0.25) is 0 Å². The Bertz CT molecular complexity index is 192. The number of hydrogen-bond donors (Lipinski definition) is 1. The van der Waals surface area contributed by atoms with Gasteiger partial charge in [0.15, 0.2) is 0 Å². The van der Waals surface area contributed by atoms with Crippen molar-refractivity contribution in [2.45, 2.75) is 46.6 Å². The predicted octanol–water partition coefficient (Wildman–Crippen LogP) is 2.24. The zero-order valence-electron chi connectivity index (χ0n) is 9.84. The van der Waals surface area contributed by atoms with Crippen LogP contribution in [0.1, 0.15) is 40.5 Å². The molecule has 0 radical (unpaired) electrons. The summed E-state index contributed by atoms with van der Waals surface area (Å²) in [6.45, 7) is 9.39. The molecule has 0 amide bonds. The molecule has 3 atom stereocenters. The highest BCUT2D eigenvalue weighted by Crippen LogP contribution is 2.22. The van der Waals surface area contributed by atoms with Crippen LogP contribution in [0.5, 0.6) is 0 Å². The van der Waals surface area contributed by atoms with Crippen molar-refractivity contribution in [1.29, 1.82) is 0 Å². The van der Waals surface area contributed by atoms with E-state index in [2.05, 4.69) is 33.0 Å². The number of ketones is 1. The second-order valence-electron chi connectivity index (χ2n) is 5.02. The van der Waals surface area contributed by atoms with Crippen molar-refractivity contribution < 1.29 is 4.79 Å². The Kier molecular flexibility index (Phi) is 4.11. The Morgan fingerprint density at radius 1 is 1.29 bits per heavy atom. The third-order valence-electron chi connectivity index (χ3n) is 3.51. The molecule has 1 rings (SSSR count). The van der Waals surface area contributed by atoms with Crippen LogP contribution in [-0.2, 0) is 4.79 Å². The topological polar surface area (TPSA) is 29.1 Å². The first-order valence-electron chi connectivity index (χ1n) is 5.79. The zero-order valence-corrected chi connectivity index (χ0v) is 9.84. The van der Waals surface area contributed by atoms with E-state index in [1.165, 1.54) is 0 Å². The van der Waals surface area contributed by atoms with Crippen molar-refractivity contribution in [3.63, 3.8) is 0 Å². The highest BCUT2D eigenvalue weighted by atomic mass is 16.1. The van der Waals surface area contributed by atoms with Crippen LogP contribution in [0.4, 0.5) is 0 Å². The molecule has 1 saturated heterocycles. The molecular formula is C12H23NO. The van der Waals surface area contributed by atoms with Crippen LogP contribution in [-0.4, -0.2) is 18.4 Å². The van der Waals surface area contributed by atoms with Crippen molar-refractivity contribution in [3.05, 3.63) is 0 Å². The third-order valence-corrected chi connectivity index (χ3v) is 3.51. The minimum atomic E-state index is 0.218. The third kappa shape index (κ3) is 2.81. The number of hydrogen-bond acceptors (Lipinski definition) is 2. The lowest BCUT2D eigenvalue weighted by Gasteiger charge is -2.29. The Morgan fingerprint density at radius 3 is 2.36 bits per heavy atom. The van der Waals surface area contributed by atoms with E-state index in [0.717, 1.165) is 19.4 Å². The van der Waals surface area contributed by atoms with Crippen LogP contribution < -0.4 is 5.32 Å². The van der Waals surface area contributed by atoms with Crippen LogP contribution in [0.3, 0.4) is 0 Å². The number of Topliss-reactive ketones (excluding diaryl/α,β-unsaturated/α-hetero) is 1. The number of carbonyl (C=O) groups is 1. The first kappa shape index (κ1) is 11.7. The van der Waals surface area contributed by atoms with E-state index in [4.69, 9.17) is 0 Å². The second kappa shape index (κ2) is 4.92. The molecule has 0 bridgehead atoms. The van der Waals surface area contributed by atoms with Gasteiger partial charge in [-0.05, 0) is 25.7 Å². The zero-order chi connectivity index (χ0) is 10.7. The molecule has 2 nitrogen and oxygen atoms in total. The van der Waals surface area contributed by atoms with Crippen molar-refractivity contribution in [2.24, 2.45) is 17.8 Å². The van der Waals surface area contributed by atoms with Crippen LogP contribution in [0.2, 0.25) is 0 Å². The summed E-state index contributed by atoms with van der Waals surface area (Å²) in [7, 11) is 0. The largest absolute Gasteiger partial charge is 0.314 e. The Hall–Kier alpha value is -0.370. The molecular weight excluding hydrogens is 174 g/mol. The molecule has 3 unspecified atom stereocenters. The fraction of sp³-hybridized carbons (Fsp3) is 0.917. The lowest BCUT2D eigenvalue weighted by Crippen LogP contribution is -2.42. The maximum Gasteiger partial charge on any atom is 0.140 e. The van der Waals surface area contributed by atoms with Crippen LogP contribution >= 0.6 is 0 Å². The molecule has 82 valence electrons. The van der Waals surface area contributed by atoms with Gasteiger partial charge in [-0.2, -0.15) is 0 Å². The van der Waals surface area contributed by atoms with Gasteiger partial charge in [-0.15, -0.1) is 0 Å². The minimum Gasteiger partial charge on any atom is -0.314 e. The Labute approximate surface area is 87.5 Å². The maximum atomic E-state index is 12.0. The fourth-order valence-electron chi connectivity index (χ4n) is 1.94. The molecule has 0 saturated carbocycles. The summed E-state index contributed by atoms with van der Waals surface area (Å²) in [4.78, 5) is 12.0. The number of piperidine rings is 1. The van der Waals surface area contributed by atoms with E-state index >= 15 is 0 Å². The summed E-state index contributed by atoms with van der Waals surface area (Å²) >= 11 is 0. The normalized spacial score (nSPS) is 30.4. The van der Waals surface area contributed by atoms with Gasteiger partial charge in [-0.1, -0.05) is 20.8 Å². The molecule has 0 aromatic carbocycles. The minimum absolute atomic E-state index is 0.218. The van der Waals surface area contributed by atoms with Crippen LogP contribution in [0.25, 0.3) is 0 Å². The average Bonchev–Trinajstić information content (AvgIpc) is 2.16. The van der Waals surface area contributed by atoms with Crippen molar-refractivity contribution in [1.82, 2.24) is 5.32 Å². The predicted molar refractivity (Wildman–Crippen MR) is 59.2 cm³/mol. The second-order valence-corrected chi connectivity index (χ2v) is 5.02. The van der Waals surface area contributed by atoms with E-state index < -0.39 is 0 Å². The van der Waals surface area contributed by atoms with Gasteiger partial charge < -0.3 is 5.32 Å². The highest BCUT2D eigenvalue weighted by molar-refractivity contribution is 5.83. The summed E-state index contributed by atoms with van der Waals surface area (Å²) < 4.78 is 0. The first-order valence-corrected chi connectivity index (χ1v) is 5.79. The van der Waals surface area contributed by atoms with E-state index in [-0.39, 0.29) is 11.8 Å². The molecule has 14 heavy (non-hydrogen) atoms. The maximum absolute atomic E-state index is 12.0. The quantitative estimate of drug-likeness (QED) is 0.751. The molecule has 0 aromatic heterocycles. The standard InChI is InChI=1S/C12H23NO/c1-8(2)10(4)12(14)11-6-5-9(3)13-7-11/h8-11,13H,5-7H2,1-4H3. The van der Waals surface area contributed by atoms with E-state index in [1.807, 2.05) is 0 Å². The molecule has 2 heteroatoms. The van der Waals surface area contributed by atoms with Crippen LogP contribution in [0.15, 0.2) is 0 Å². The number of nitrogens with one attached hydrogen (secondary N) is 1. The van der Waals surface area contributed by atoms with Gasteiger partial charge in [-0.3, -0.25) is 4.79 Å². The summed E-state index contributed by atoms with van der Waals surface area (Å²) in [6, 6.07) is 0.591. The number of carbonyl (C=O) groups excluding carboxylic acids is 1. The van der Waals surface area contributed by atoms with E-state index in [0.29, 0.717) is 17.7 Å². The fourth-order valence-corrected chi connectivity index (χ4v) is 1.94. The summed E-state index contributed by atoms with van der Waals surface area (Å²) in [5, 5.41) is 3.39. The average molecular weight is 197 g/mol. The van der Waals surface area contributed by atoms with E-state index in [1.54, 1.807) is 0 Å². The van der Waals surface area contributed by atoms with Crippen molar-refractivity contribution in [3.8, 4) is 0 Å². The smallest absolute Gasteiger partial charge is 0.140 e. The van der Waals surface area contributed by atoms with E-state index in [9.17, 15) is 4.79 Å². The number of rotatable bonds is 3. The summed E-state index contributed by atoms with van der Waals surface area (Å²) in [5.41, 5.74) is 0. The molecule has 1 fully saturated rings. The first-order chi connectivity index (χ1) is 6.52. The summed E-state index contributed by atoms with van der Waals surface area (Å²) in [6.07, 6.45) is 2.21. The van der Waals surface area contributed by atoms with Gasteiger partial charge in [-0.25, -0.2) is 0 Å². The molecule has 1 N–H and O–H groups in total. The van der Waals surface area contributed by atoms with Gasteiger partial charge in [0.1, 0.15) is 5.78 Å². The molecule has 1 heterocycles. The molecule has 0 spiro atoms. The Balaban J connectivity index is 2.45. The highest BCUT2D eigenvalue weighted by Gasteiger charge is 2.28. The van der Waals surface area contributed by atoms with Gasteiger partial charge in [0.25, 0.3) is 0 Å². The van der Waals surface area contributed by atoms with Crippen molar-refractivity contribution in [2.75, 3.05) is 6.54 Å². The van der Waals surface area contributed by atoms with Gasteiger partial charge >= 0.3 is 0 Å².